The molecule has 1 saturated heterocycles. The van der Waals surface area contributed by atoms with Gasteiger partial charge in [-0.2, -0.15) is 4.98 Å². The Labute approximate surface area is 122 Å². The third kappa shape index (κ3) is 2.64. The Hall–Kier alpha value is -1.78. The molecule has 22 heavy (non-hydrogen) atoms. The second-order valence-corrected chi connectivity index (χ2v) is 6.80. The first-order chi connectivity index (χ1) is 10.3. The van der Waals surface area contributed by atoms with Crippen molar-refractivity contribution in [1.82, 2.24) is 19.5 Å². The van der Waals surface area contributed by atoms with Gasteiger partial charge in [0.1, 0.15) is 6.10 Å². The van der Waals surface area contributed by atoms with Crippen LogP contribution >= 0.6 is 7.60 Å². The van der Waals surface area contributed by atoms with E-state index in [1.165, 1.54) is 10.9 Å². The fraction of sp³-hybridized carbons (Fsp3) is 0.500. The van der Waals surface area contributed by atoms with Crippen molar-refractivity contribution in [2.45, 2.75) is 31.0 Å². The molecule has 3 rings (SSSR count). The molecule has 2 aromatic heterocycles. The van der Waals surface area contributed by atoms with Gasteiger partial charge < -0.3 is 29.9 Å². The lowest BCUT2D eigenvalue weighted by Crippen LogP contribution is -2.26. The Morgan fingerprint density at radius 3 is 2.91 bits per heavy atom. The number of nitrogen functional groups attached to an aromatic ring is 1. The van der Waals surface area contributed by atoms with Crippen molar-refractivity contribution in [2.75, 3.05) is 5.73 Å². The van der Waals surface area contributed by atoms with Gasteiger partial charge in [-0.25, -0.2) is 4.98 Å². The van der Waals surface area contributed by atoms with Gasteiger partial charge in [0.15, 0.2) is 17.0 Å². The Morgan fingerprint density at radius 1 is 1.55 bits per heavy atom. The number of nitrogens with two attached hydrogens (primary N) is 1. The Morgan fingerprint density at radius 2 is 2.27 bits per heavy atom. The number of nitrogens with one attached hydrogen (secondary N) is 1. The predicted octanol–water partition coefficient (Wildman–Crippen LogP) is -1.64. The number of anilines is 1. The number of aliphatic hydroxyl groups excluding tert-OH is 1. The molecular formula is C10H14N5O6P. The van der Waals surface area contributed by atoms with Gasteiger partial charge in [-0.1, -0.05) is 0 Å². The third-order valence-electron chi connectivity index (χ3n) is 3.45. The zero-order valence-electron chi connectivity index (χ0n) is 11.2. The molecule has 1 fully saturated rings. The van der Waals surface area contributed by atoms with Crippen molar-refractivity contribution in [1.29, 1.82) is 0 Å². The van der Waals surface area contributed by atoms with E-state index in [9.17, 15) is 14.5 Å². The normalized spacial score (nSPS) is 25.9. The summed E-state index contributed by atoms with van der Waals surface area (Å²) in [5.74, 6) is -1.43. The van der Waals surface area contributed by atoms with Crippen LogP contribution in [0.2, 0.25) is 0 Å². The van der Waals surface area contributed by atoms with Crippen LogP contribution in [-0.2, 0) is 15.8 Å². The lowest BCUT2D eigenvalue weighted by atomic mass is 10.2. The number of aliphatic hydroxyl groups is 1. The molecule has 3 heterocycles. The Balaban J connectivity index is 1.88. The molecule has 0 amide bonds. The fourth-order valence-corrected chi connectivity index (χ4v) is 3.19. The fourth-order valence-electron chi connectivity index (χ4n) is 2.39. The van der Waals surface area contributed by atoms with Crippen LogP contribution < -0.4 is 11.3 Å². The summed E-state index contributed by atoms with van der Waals surface area (Å²) in [7, 11) is -4.44. The first-order valence-corrected chi connectivity index (χ1v) is 8.03. The highest BCUT2D eigenvalue weighted by atomic mass is 31.2. The minimum atomic E-state index is -4.44. The molecular weight excluding hydrogens is 317 g/mol. The van der Waals surface area contributed by atoms with Crippen molar-refractivity contribution in [2.24, 2.45) is 0 Å². The first-order valence-electron chi connectivity index (χ1n) is 6.35. The molecule has 0 aromatic carbocycles. The van der Waals surface area contributed by atoms with E-state index in [1.54, 1.807) is 0 Å². The number of aromatic amines is 1. The average molecular weight is 331 g/mol. The average Bonchev–Trinajstić information content (AvgIpc) is 2.95. The van der Waals surface area contributed by atoms with Crippen LogP contribution in [0.3, 0.4) is 0 Å². The predicted molar refractivity (Wildman–Crippen MR) is 73.9 cm³/mol. The molecule has 120 valence electrons. The van der Waals surface area contributed by atoms with E-state index in [4.69, 9.17) is 20.3 Å². The number of hydrogen-bond donors (Lipinski definition) is 5. The smallest absolute Gasteiger partial charge is 0.354 e. The second kappa shape index (κ2) is 5.14. The van der Waals surface area contributed by atoms with Crippen LogP contribution in [0, 0.1) is 0 Å². The minimum absolute atomic E-state index is 0.0318. The molecule has 1 aliphatic rings. The van der Waals surface area contributed by atoms with Gasteiger partial charge in [0.25, 0.3) is 5.56 Å². The topological polar surface area (TPSA) is 177 Å². The number of nitrogens with zero attached hydrogens (tertiary/aromatic N) is 3. The molecule has 11 nitrogen and oxygen atoms in total. The molecule has 1 aliphatic heterocycles. The van der Waals surface area contributed by atoms with Gasteiger partial charge in [-0.15, -0.1) is 0 Å². The van der Waals surface area contributed by atoms with Gasteiger partial charge >= 0.3 is 7.60 Å². The van der Waals surface area contributed by atoms with Crippen molar-refractivity contribution in [3.63, 3.8) is 0 Å². The maximum absolute atomic E-state index is 11.7. The zero-order chi connectivity index (χ0) is 16.1. The molecule has 3 atom stereocenters. The lowest BCUT2D eigenvalue weighted by molar-refractivity contribution is 0.0163. The van der Waals surface area contributed by atoms with Crippen LogP contribution in [0.15, 0.2) is 11.1 Å². The maximum atomic E-state index is 11.7. The minimum Gasteiger partial charge on any atom is -0.390 e. The number of aromatic nitrogens is 4. The molecule has 0 aliphatic carbocycles. The highest BCUT2D eigenvalue weighted by Crippen LogP contribution is 2.48. The van der Waals surface area contributed by atoms with E-state index in [-0.39, 0.29) is 30.1 Å². The summed E-state index contributed by atoms with van der Waals surface area (Å²) in [5, 5.41) is 9.89. The number of rotatable bonds is 3. The molecule has 12 heteroatoms. The number of imidazole rings is 1. The van der Waals surface area contributed by atoms with Crippen LogP contribution in [0.25, 0.3) is 11.2 Å². The molecule has 0 radical (unpaired) electrons. The van der Waals surface area contributed by atoms with E-state index >= 15 is 0 Å². The van der Waals surface area contributed by atoms with Crippen molar-refractivity contribution in [3.8, 4) is 0 Å². The number of hydrogen-bond acceptors (Lipinski definition) is 7. The maximum Gasteiger partial charge on any atom is 0.354 e. The summed E-state index contributed by atoms with van der Waals surface area (Å²) in [5.41, 5.74) is 5.26. The van der Waals surface area contributed by atoms with Gasteiger partial charge in [-0.3, -0.25) is 14.3 Å². The zero-order valence-corrected chi connectivity index (χ0v) is 12.1. The Bertz CT molecular complexity index is 812. The molecule has 2 aromatic rings. The highest BCUT2D eigenvalue weighted by molar-refractivity contribution is 7.52. The summed E-state index contributed by atoms with van der Waals surface area (Å²) in [6.45, 7) is 0.0318. The van der Waals surface area contributed by atoms with Gasteiger partial charge in [0, 0.05) is 6.42 Å². The van der Waals surface area contributed by atoms with Crippen molar-refractivity contribution >= 4 is 24.7 Å². The second-order valence-electron chi connectivity index (χ2n) is 5.04. The van der Waals surface area contributed by atoms with E-state index in [2.05, 4.69) is 15.0 Å². The number of ether oxygens (including phenoxy) is 1. The quantitative estimate of drug-likeness (QED) is 0.412. The Kier molecular flexibility index (Phi) is 3.54. The largest absolute Gasteiger partial charge is 0.390 e. The summed E-state index contributed by atoms with van der Waals surface area (Å²) < 4.78 is 17.8. The van der Waals surface area contributed by atoms with Crippen molar-refractivity contribution in [3.05, 3.63) is 16.7 Å². The van der Waals surface area contributed by atoms with E-state index < -0.39 is 31.2 Å². The van der Waals surface area contributed by atoms with Crippen LogP contribution in [-0.4, -0.2) is 52.5 Å². The van der Waals surface area contributed by atoms with Crippen LogP contribution in [0.1, 0.15) is 6.42 Å². The molecule has 0 saturated carbocycles. The van der Waals surface area contributed by atoms with E-state index in [1.807, 2.05) is 0 Å². The summed E-state index contributed by atoms with van der Waals surface area (Å²) in [6.07, 6.45) is -0.739. The SMILES string of the molecule is Nc1nc2c(ncn2C[C@H]2O[C@@H](P(=O)(O)O)C[C@H]2O)c(=O)[nH]1. The summed E-state index contributed by atoms with van der Waals surface area (Å²) in [6, 6.07) is 0. The van der Waals surface area contributed by atoms with Gasteiger partial charge in [-0.05, 0) is 0 Å². The number of H-pyrrole nitrogens is 1. The standard InChI is InChI=1S/C10H14N5O6P/c11-10-13-8-7(9(17)14-10)12-3-15(8)2-5-4(16)1-6(21-5)22(18,19)20/h3-6,16H,1-2H2,(H2,18,19,20)(H3,11,13,14,17)/t4-,5-,6+/m1/s1. The van der Waals surface area contributed by atoms with Crippen LogP contribution in [0.4, 0.5) is 5.95 Å². The summed E-state index contributed by atoms with van der Waals surface area (Å²) in [4.78, 5) is 40.0. The molecule has 0 spiro atoms. The van der Waals surface area contributed by atoms with E-state index in [0.717, 1.165) is 0 Å². The molecule has 6 N–H and O–H groups in total. The number of fused-ring (bicyclic) bond motifs is 1. The molecule has 0 bridgehead atoms. The van der Waals surface area contributed by atoms with Gasteiger partial charge in [0.05, 0.1) is 19.0 Å². The molecule has 0 unspecified atom stereocenters. The van der Waals surface area contributed by atoms with Crippen molar-refractivity contribution < 1.29 is 24.2 Å². The first kappa shape index (κ1) is 15.1. The highest BCUT2D eigenvalue weighted by Gasteiger charge is 2.43. The third-order valence-corrected chi connectivity index (χ3v) is 4.53. The van der Waals surface area contributed by atoms with E-state index in [0.29, 0.717) is 0 Å². The summed E-state index contributed by atoms with van der Waals surface area (Å²) >= 11 is 0. The van der Waals surface area contributed by atoms with Crippen LogP contribution in [0.5, 0.6) is 0 Å². The monoisotopic (exact) mass is 331 g/mol. The van der Waals surface area contributed by atoms with Gasteiger partial charge in [0.2, 0.25) is 5.95 Å². The lowest BCUT2D eigenvalue weighted by Gasteiger charge is -2.16.